The van der Waals surface area contributed by atoms with E-state index in [2.05, 4.69) is 20.5 Å². The van der Waals surface area contributed by atoms with E-state index >= 15 is 0 Å². The molecule has 4 aromatic rings. The number of pyridine rings is 1. The average Bonchev–Trinajstić information content (AvgIpc) is 3.40. The second-order valence-electron chi connectivity index (χ2n) is 7.58. The molecule has 3 aromatic heterocycles. The Labute approximate surface area is 196 Å². The van der Waals surface area contributed by atoms with Gasteiger partial charge in [0.05, 0.1) is 24.5 Å². The SMILES string of the molecule is Cc1nnc(C(CO)(CO)NC(=O)c2c(C)nc3c(OCc4c(F)cccc4F)cccn23)s1. The highest BCUT2D eigenvalue weighted by Crippen LogP contribution is 2.27. The quantitative estimate of drug-likeness (QED) is 0.347. The summed E-state index contributed by atoms with van der Waals surface area (Å²) >= 11 is 1.14. The van der Waals surface area contributed by atoms with Crippen molar-refractivity contribution in [3.63, 3.8) is 0 Å². The molecule has 0 bridgehead atoms. The fraction of sp³-hybridized carbons (Fsp3) is 0.273. The molecular formula is C22H21F2N5O4S. The van der Waals surface area contributed by atoms with E-state index in [4.69, 9.17) is 4.74 Å². The largest absolute Gasteiger partial charge is 0.485 e. The summed E-state index contributed by atoms with van der Waals surface area (Å²) in [5.74, 6) is -1.88. The van der Waals surface area contributed by atoms with E-state index in [1.54, 1.807) is 32.2 Å². The fourth-order valence-electron chi connectivity index (χ4n) is 3.45. The third-order valence-electron chi connectivity index (χ3n) is 5.27. The summed E-state index contributed by atoms with van der Waals surface area (Å²) in [7, 11) is 0. The first kappa shape index (κ1) is 23.7. The number of aliphatic hydroxyl groups excluding tert-OH is 2. The number of nitrogens with one attached hydrogen (secondary N) is 1. The van der Waals surface area contributed by atoms with E-state index in [0.717, 1.165) is 23.5 Å². The van der Waals surface area contributed by atoms with Crippen LogP contribution >= 0.6 is 11.3 Å². The number of hydrogen-bond acceptors (Lipinski definition) is 8. The molecule has 0 spiro atoms. The molecular weight excluding hydrogens is 468 g/mol. The smallest absolute Gasteiger partial charge is 0.271 e. The van der Waals surface area contributed by atoms with E-state index < -0.39 is 36.3 Å². The number of carbonyl (C=O) groups is 1. The average molecular weight is 490 g/mol. The number of nitrogens with zero attached hydrogens (tertiary/aromatic N) is 4. The Morgan fingerprint density at radius 3 is 2.47 bits per heavy atom. The van der Waals surface area contributed by atoms with Gasteiger partial charge in [-0.3, -0.25) is 9.20 Å². The Hall–Kier alpha value is -3.48. The van der Waals surface area contributed by atoms with Crippen molar-refractivity contribution in [1.82, 2.24) is 24.9 Å². The minimum Gasteiger partial charge on any atom is -0.485 e. The van der Waals surface area contributed by atoms with Crippen molar-refractivity contribution in [3.8, 4) is 5.75 Å². The Bertz CT molecular complexity index is 1330. The number of aliphatic hydroxyl groups is 2. The van der Waals surface area contributed by atoms with Crippen LogP contribution in [0.1, 0.15) is 31.8 Å². The van der Waals surface area contributed by atoms with Crippen molar-refractivity contribution in [2.75, 3.05) is 13.2 Å². The molecule has 4 rings (SSSR count). The van der Waals surface area contributed by atoms with Gasteiger partial charge < -0.3 is 20.3 Å². The number of hydrogen-bond donors (Lipinski definition) is 3. The van der Waals surface area contributed by atoms with Crippen LogP contribution in [-0.2, 0) is 12.1 Å². The maximum atomic E-state index is 14.0. The first-order chi connectivity index (χ1) is 16.3. The lowest BCUT2D eigenvalue weighted by Gasteiger charge is -2.28. The summed E-state index contributed by atoms with van der Waals surface area (Å²) in [6, 6.07) is 6.70. The van der Waals surface area contributed by atoms with Crippen LogP contribution in [0, 0.1) is 25.5 Å². The topological polar surface area (TPSA) is 122 Å². The maximum Gasteiger partial charge on any atom is 0.271 e. The van der Waals surface area contributed by atoms with E-state index in [-0.39, 0.29) is 34.3 Å². The maximum absolute atomic E-state index is 14.0. The minimum atomic E-state index is -1.55. The normalized spacial score (nSPS) is 11.7. The molecule has 0 aliphatic carbocycles. The van der Waals surface area contributed by atoms with E-state index in [0.29, 0.717) is 10.7 Å². The molecule has 0 unspecified atom stereocenters. The number of imidazole rings is 1. The summed E-state index contributed by atoms with van der Waals surface area (Å²) < 4.78 is 35.0. The van der Waals surface area contributed by atoms with Crippen LogP contribution in [0.15, 0.2) is 36.5 Å². The minimum absolute atomic E-state index is 0.130. The predicted molar refractivity (Wildman–Crippen MR) is 119 cm³/mol. The number of benzene rings is 1. The molecule has 9 nitrogen and oxygen atoms in total. The van der Waals surface area contributed by atoms with Crippen LogP contribution in [0.25, 0.3) is 5.65 Å². The van der Waals surface area contributed by atoms with Crippen molar-refractivity contribution in [2.24, 2.45) is 0 Å². The molecule has 12 heteroatoms. The highest BCUT2D eigenvalue weighted by atomic mass is 32.1. The Kier molecular flexibility index (Phi) is 6.55. The van der Waals surface area contributed by atoms with Gasteiger partial charge in [-0.25, -0.2) is 13.8 Å². The second-order valence-corrected chi connectivity index (χ2v) is 8.76. The highest BCUT2D eigenvalue weighted by molar-refractivity contribution is 7.11. The lowest BCUT2D eigenvalue weighted by atomic mass is 10.0. The lowest BCUT2D eigenvalue weighted by Crippen LogP contribution is -2.52. The second kappa shape index (κ2) is 9.41. The third kappa shape index (κ3) is 4.22. The van der Waals surface area contributed by atoms with Crippen molar-refractivity contribution in [3.05, 3.63) is 75.1 Å². The van der Waals surface area contributed by atoms with Crippen molar-refractivity contribution >= 4 is 22.9 Å². The standard InChI is InChI=1S/C22H21F2N5O4S/c1-12-18(20(32)26-22(10-30,11-31)21-28-27-13(2)34-21)29-8-4-7-17(19(29)25-12)33-9-14-15(23)5-3-6-16(14)24/h3-8,30-31H,9-11H2,1-2H3,(H,26,32). The molecule has 1 amide bonds. The van der Waals surface area contributed by atoms with Gasteiger partial charge in [0.25, 0.3) is 5.91 Å². The molecule has 34 heavy (non-hydrogen) atoms. The molecule has 0 radical (unpaired) electrons. The van der Waals surface area contributed by atoms with Crippen LogP contribution in [-0.4, -0.2) is 48.9 Å². The molecule has 0 saturated carbocycles. The first-order valence-electron chi connectivity index (χ1n) is 10.2. The molecule has 3 N–H and O–H groups in total. The zero-order chi connectivity index (χ0) is 24.5. The van der Waals surface area contributed by atoms with Crippen molar-refractivity contribution in [2.45, 2.75) is 26.0 Å². The van der Waals surface area contributed by atoms with Gasteiger partial charge in [-0.1, -0.05) is 17.4 Å². The molecule has 0 saturated heterocycles. The van der Waals surface area contributed by atoms with Gasteiger partial charge in [0, 0.05) is 6.20 Å². The summed E-state index contributed by atoms with van der Waals surface area (Å²) in [5.41, 5.74) is -1.05. The molecule has 0 fully saturated rings. The van der Waals surface area contributed by atoms with E-state index in [1.165, 1.54) is 10.5 Å². The number of ether oxygens (including phenoxy) is 1. The zero-order valence-corrected chi connectivity index (χ0v) is 19.1. The van der Waals surface area contributed by atoms with Crippen LogP contribution in [0.5, 0.6) is 5.75 Å². The molecule has 0 aliphatic rings. The number of carbonyl (C=O) groups excluding carboxylic acids is 1. The van der Waals surface area contributed by atoms with Gasteiger partial charge >= 0.3 is 0 Å². The molecule has 3 heterocycles. The van der Waals surface area contributed by atoms with E-state index in [9.17, 15) is 23.8 Å². The van der Waals surface area contributed by atoms with Gasteiger partial charge in [-0.15, -0.1) is 10.2 Å². The summed E-state index contributed by atoms with van der Waals surface area (Å²) in [4.78, 5) is 17.6. The first-order valence-corrected chi connectivity index (χ1v) is 11.0. The van der Waals surface area contributed by atoms with Gasteiger partial charge in [0.1, 0.15) is 39.5 Å². The van der Waals surface area contributed by atoms with Gasteiger partial charge in [0.15, 0.2) is 11.4 Å². The summed E-state index contributed by atoms with van der Waals surface area (Å²) in [6.07, 6.45) is 1.58. The number of rotatable bonds is 8. The molecule has 178 valence electrons. The monoisotopic (exact) mass is 489 g/mol. The third-order valence-corrected chi connectivity index (χ3v) is 6.31. The Morgan fingerprint density at radius 2 is 1.85 bits per heavy atom. The number of aromatic nitrogens is 4. The lowest BCUT2D eigenvalue weighted by molar-refractivity contribution is 0.0649. The van der Waals surface area contributed by atoms with Crippen LogP contribution in [0.3, 0.4) is 0 Å². The number of fused-ring (bicyclic) bond motifs is 1. The fourth-order valence-corrected chi connectivity index (χ4v) is 4.27. The van der Waals surface area contributed by atoms with Crippen LogP contribution in [0.4, 0.5) is 8.78 Å². The van der Waals surface area contributed by atoms with Gasteiger partial charge in [-0.2, -0.15) is 0 Å². The van der Waals surface area contributed by atoms with E-state index in [1.807, 2.05) is 0 Å². The highest BCUT2D eigenvalue weighted by Gasteiger charge is 2.38. The Balaban J connectivity index is 1.66. The predicted octanol–water partition coefficient (Wildman–Crippen LogP) is 2.27. The summed E-state index contributed by atoms with van der Waals surface area (Å²) in [6.45, 7) is 1.73. The summed E-state index contributed by atoms with van der Waals surface area (Å²) in [5, 5.41) is 31.4. The van der Waals surface area contributed by atoms with Gasteiger partial charge in [-0.05, 0) is 38.1 Å². The van der Waals surface area contributed by atoms with Crippen molar-refractivity contribution < 1.29 is 28.5 Å². The molecule has 0 aliphatic heterocycles. The van der Waals surface area contributed by atoms with Crippen LogP contribution < -0.4 is 10.1 Å². The molecule has 1 aromatic carbocycles. The Morgan fingerprint density at radius 1 is 1.15 bits per heavy atom. The number of amides is 1. The van der Waals surface area contributed by atoms with Crippen molar-refractivity contribution in [1.29, 1.82) is 0 Å². The molecule has 0 atom stereocenters. The number of halogens is 2. The van der Waals surface area contributed by atoms with Gasteiger partial charge in [0.2, 0.25) is 0 Å². The number of aryl methyl sites for hydroxylation is 2. The van der Waals surface area contributed by atoms with Crippen LogP contribution in [0.2, 0.25) is 0 Å². The zero-order valence-electron chi connectivity index (χ0n) is 18.2.